The quantitative estimate of drug-likeness (QED) is 0.787. The van der Waals surface area contributed by atoms with Crippen molar-refractivity contribution in [3.63, 3.8) is 0 Å². The lowest BCUT2D eigenvalue weighted by atomic mass is 10.1. The summed E-state index contributed by atoms with van der Waals surface area (Å²) >= 11 is 0. The van der Waals surface area contributed by atoms with Gasteiger partial charge >= 0.3 is 6.03 Å². The van der Waals surface area contributed by atoms with E-state index in [1.54, 1.807) is 26.0 Å². The van der Waals surface area contributed by atoms with Gasteiger partial charge in [-0.2, -0.15) is 0 Å². The number of nitrogens with one attached hydrogen (secondary N) is 2. The molecule has 1 heterocycles. The van der Waals surface area contributed by atoms with E-state index in [0.29, 0.717) is 11.1 Å². The molecule has 0 unspecified atom stereocenters. The molecule has 1 fully saturated rings. The Hall–Kier alpha value is -1.93. The van der Waals surface area contributed by atoms with E-state index in [1.807, 2.05) is 12.2 Å². The highest BCUT2D eigenvalue weighted by Gasteiger charge is 2.32. The molecule has 2 rings (SSSR count). The molecule has 1 aromatic carbocycles. The Bertz CT molecular complexity index is 674. The molecule has 0 saturated carbocycles. The largest absolute Gasteiger partial charge is 0.339 e. The molecular weight excluding hydrogens is 282 g/mol. The summed E-state index contributed by atoms with van der Waals surface area (Å²) in [7, 11) is -3.92. The minimum absolute atomic E-state index is 0.121. The monoisotopic (exact) mass is 297 g/mol. The first-order valence-corrected chi connectivity index (χ1v) is 7.40. The zero-order valence-corrected chi connectivity index (χ0v) is 12.2. The Morgan fingerprint density at radius 3 is 2.15 bits per heavy atom. The Morgan fingerprint density at radius 2 is 1.70 bits per heavy atom. The van der Waals surface area contributed by atoms with Crippen LogP contribution in [-0.2, 0) is 14.8 Å². The van der Waals surface area contributed by atoms with E-state index in [-0.39, 0.29) is 11.4 Å². The minimum atomic E-state index is -3.92. The Labute approximate surface area is 117 Å². The number of imide groups is 1. The lowest BCUT2D eigenvalue weighted by Gasteiger charge is -2.18. The molecule has 1 aliphatic heterocycles. The number of amides is 3. The van der Waals surface area contributed by atoms with E-state index in [0.717, 1.165) is 10.6 Å². The van der Waals surface area contributed by atoms with Gasteiger partial charge in [-0.25, -0.2) is 18.2 Å². The van der Waals surface area contributed by atoms with Gasteiger partial charge in [-0.15, -0.1) is 4.83 Å². The number of aryl methyl sites for hydroxylation is 3. The van der Waals surface area contributed by atoms with Crippen molar-refractivity contribution in [2.45, 2.75) is 25.7 Å². The van der Waals surface area contributed by atoms with Crippen LogP contribution in [0.5, 0.6) is 0 Å². The lowest BCUT2D eigenvalue weighted by Crippen LogP contribution is -2.44. The van der Waals surface area contributed by atoms with E-state index < -0.39 is 22.0 Å². The van der Waals surface area contributed by atoms with Gasteiger partial charge in [0.25, 0.3) is 10.0 Å². The number of benzene rings is 1. The summed E-state index contributed by atoms with van der Waals surface area (Å²) in [5, 5.41) is 2.75. The first kappa shape index (κ1) is 14.5. The molecule has 0 bridgehead atoms. The Morgan fingerprint density at radius 1 is 1.15 bits per heavy atom. The van der Waals surface area contributed by atoms with Crippen molar-refractivity contribution < 1.29 is 18.0 Å². The van der Waals surface area contributed by atoms with Crippen LogP contribution in [0.1, 0.15) is 16.7 Å². The molecule has 1 saturated heterocycles. The van der Waals surface area contributed by atoms with Crippen LogP contribution < -0.4 is 10.1 Å². The summed E-state index contributed by atoms with van der Waals surface area (Å²) in [4.78, 5) is 24.7. The van der Waals surface area contributed by atoms with E-state index in [2.05, 4.69) is 4.83 Å². The number of urea groups is 1. The van der Waals surface area contributed by atoms with E-state index in [1.165, 1.54) is 0 Å². The molecule has 20 heavy (non-hydrogen) atoms. The second kappa shape index (κ2) is 4.88. The summed E-state index contributed by atoms with van der Waals surface area (Å²) in [6, 6.07) is 2.72. The zero-order valence-electron chi connectivity index (χ0n) is 11.4. The lowest BCUT2D eigenvalue weighted by molar-refractivity contribution is -0.118. The fraction of sp³-hybridized carbons (Fsp3) is 0.333. The van der Waals surface area contributed by atoms with Crippen LogP contribution in [0.15, 0.2) is 17.0 Å². The summed E-state index contributed by atoms with van der Waals surface area (Å²) in [6.07, 6.45) is 0. The van der Waals surface area contributed by atoms with Gasteiger partial charge in [0.1, 0.15) is 6.54 Å². The normalized spacial score (nSPS) is 15.7. The standard InChI is InChI=1S/C12H15N3O4S/c1-7-4-8(2)11(9(3)5-7)20(18,19)14-15-6-10(16)13-12(15)17/h4-5,14H,6H2,1-3H3,(H,13,16,17). The highest BCUT2D eigenvalue weighted by atomic mass is 32.2. The van der Waals surface area contributed by atoms with Crippen molar-refractivity contribution in [3.8, 4) is 0 Å². The second-order valence-electron chi connectivity index (χ2n) is 4.76. The predicted molar refractivity (Wildman–Crippen MR) is 71.2 cm³/mol. The molecule has 7 nitrogen and oxygen atoms in total. The molecule has 2 N–H and O–H groups in total. The zero-order chi connectivity index (χ0) is 15.1. The van der Waals surface area contributed by atoms with Gasteiger partial charge in [0.2, 0.25) is 5.91 Å². The van der Waals surface area contributed by atoms with E-state index >= 15 is 0 Å². The fourth-order valence-corrected chi connectivity index (χ4v) is 3.79. The van der Waals surface area contributed by atoms with Crippen molar-refractivity contribution >= 4 is 22.0 Å². The summed E-state index contributed by atoms with van der Waals surface area (Å²) < 4.78 is 24.7. The van der Waals surface area contributed by atoms with E-state index in [4.69, 9.17) is 0 Å². The molecule has 0 spiro atoms. The number of carbonyl (C=O) groups is 2. The van der Waals surface area contributed by atoms with Crippen molar-refractivity contribution in [1.82, 2.24) is 15.2 Å². The number of nitrogens with zero attached hydrogens (tertiary/aromatic N) is 1. The van der Waals surface area contributed by atoms with Gasteiger partial charge in [-0.1, -0.05) is 17.7 Å². The van der Waals surface area contributed by atoms with Gasteiger partial charge in [0.15, 0.2) is 0 Å². The molecule has 3 amide bonds. The summed E-state index contributed by atoms with van der Waals surface area (Å²) in [6.45, 7) is 4.91. The van der Waals surface area contributed by atoms with Crippen molar-refractivity contribution in [2.24, 2.45) is 0 Å². The van der Waals surface area contributed by atoms with Gasteiger partial charge < -0.3 is 0 Å². The number of carbonyl (C=O) groups excluding carboxylic acids is 2. The maximum atomic E-state index is 12.3. The van der Waals surface area contributed by atoms with Crippen molar-refractivity contribution in [3.05, 3.63) is 28.8 Å². The molecule has 108 valence electrons. The van der Waals surface area contributed by atoms with Gasteiger partial charge in [-0.3, -0.25) is 10.1 Å². The van der Waals surface area contributed by atoms with Crippen LogP contribution in [0, 0.1) is 20.8 Å². The first-order valence-electron chi connectivity index (χ1n) is 5.92. The Kier molecular flexibility index (Phi) is 3.53. The van der Waals surface area contributed by atoms with Crippen LogP contribution >= 0.6 is 0 Å². The summed E-state index contributed by atoms with van der Waals surface area (Å²) in [5.41, 5.74) is 2.12. The maximum absolute atomic E-state index is 12.3. The van der Waals surface area contributed by atoms with Crippen molar-refractivity contribution in [1.29, 1.82) is 0 Å². The highest BCUT2D eigenvalue weighted by Crippen LogP contribution is 2.21. The average Bonchev–Trinajstić information content (AvgIpc) is 2.53. The fourth-order valence-electron chi connectivity index (χ4n) is 2.30. The van der Waals surface area contributed by atoms with Crippen LogP contribution in [0.3, 0.4) is 0 Å². The molecule has 0 radical (unpaired) electrons. The molecule has 1 aliphatic rings. The number of hydrogen-bond acceptors (Lipinski definition) is 4. The third kappa shape index (κ3) is 2.66. The maximum Gasteiger partial charge on any atom is 0.339 e. The smallest absolute Gasteiger partial charge is 0.275 e. The molecule has 1 aromatic rings. The molecule has 0 aliphatic carbocycles. The van der Waals surface area contributed by atoms with Gasteiger partial charge in [-0.05, 0) is 31.9 Å². The van der Waals surface area contributed by atoms with Crippen LogP contribution in [0.4, 0.5) is 4.79 Å². The number of rotatable bonds is 3. The topological polar surface area (TPSA) is 95.6 Å². The van der Waals surface area contributed by atoms with E-state index in [9.17, 15) is 18.0 Å². The molecule has 0 atom stereocenters. The van der Waals surface area contributed by atoms with Crippen LogP contribution in [0.2, 0.25) is 0 Å². The average molecular weight is 297 g/mol. The molecule has 0 aromatic heterocycles. The first-order chi connectivity index (χ1) is 9.20. The third-order valence-electron chi connectivity index (χ3n) is 2.90. The molecular formula is C12H15N3O4S. The van der Waals surface area contributed by atoms with Crippen LogP contribution in [-0.4, -0.2) is 31.9 Å². The summed E-state index contributed by atoms with van der Waals surface area (Å²) in [5.74, 6) is -0.546. The van der Waals surface area contributed by atoms with Gasteiger partial charge in [0, 0.05) is 0 Å². The predicted octanol–water partition coefficient (Wildman–Crippen LogP) is 0.357. The Balaban J connectivity index is 2.37. The third-order valence-corrected chi connectivity index (χ3v) is 4.54. The number of sulfonamides is 1. The van der Waals surface area contributed by atoms with Crippen molar-refractivity contribution in [2.75, 3.05) is 6.54 Å². The van der Waals surface area contributed by atoms with Crippen LogP contribution in [0.25, 0.3) is 0 Å². The second-order valence-corrected chi connectivity index (χ2v) is 6.36. The van der Waals surface area contributed by atoms with Gasteiger partial charge in [0.05, 0.1) is 4.90 Å². The minimum Gasteiger partial charge on any atom is -0.275 e. The number of hydrazine groups is 1. The SMILES string of the molecule is Cc1cc(C)c(S(=O)(=O)NN2CC(=O)NC2=O)c(C)c1. The highest BCUT2D eigenvalue weighted by molar-refractivity contribution is 7.89. The number of hydrogen-bond donors (Lipinski definition) is 2. The molecule has 8 heteroatoms.